The van der Waals surface area contributed by atoms with Gasteiger partial charge in [-0.3, -0.25) is 9.59 Å². The van der Waals surface area contributed by atoms with Crippen LogP contribution in [0, 0.1) is 11.7 Å². The van der Waals surface area contributed by atoms with E-state index in [0.717, 1.165) is 24.6 Å². The molecule has 0 radical (unpaired) electrons. The second-order valence-corrected chi connectivity index (χ2v) is 8.32. The van der Waals surface area contributed by atoms with Crippen LogP contribution in [0.1, 0.15) is 42.6 Å². The molecule has 0 bridgehead atoms. The molecule has 0 unspecified atom stereocenters. The SMILES string of the molecule is CC(=O)OCc1ccc(Br)c(C(=O)N2C[C@H](COc3ccc(F)cn3)CC[C@H]2C)c1. The first-order valence-electron chi connectivity index (χ1n) is 9.80. The Hall–Kier alpha value is -2.48. The number of rotatable bonds is 6. The van der Waals surface area contributed by atoms with Crippen molar-refractivity contribution in [3.63, 3.8) is 0 Å². The van der Waals surface area contributed by atoms with E-state index < -0.39 is 5.82 Å². The third-order valence-electron chi connectivity index (χ3n) is 5.11. The van der Waals surface area contributed by atoms with E-state index in [4.69, 9.17) is 9.47 Å². The minimum absolute atomic E-state index is 0.0799. The van der Waals surface area contributed by atoms with Crippen LogP contribution in [-0.4, -0.2) is 41.0 Å². The molecule has 3 rings (SSSR count). The minimum Gasteiger partial charge on any atom is -0.477 e. The molecule has 1 aromatic carbocycles. The lowest BCUT2D eigenvalue weighted by atomic mass is 9.93. The van der Waals surface area contributed by atoms with E-state index in [1.54, 1.807) is 12.1 Å². The van der Waals surface area contributed by atoms with Crippen molar-refractivity contribution < 1.29 is 23.5 Å². The predicted molar refractivity (Wildman–Crippen MR) is 113 cm³/mol. The van der Waals surface area contributed by atoms with Gasteiger partial charge in [0.2, 0.25) is 5.88 Å². The highest BCUT2D eigenvalue weighted by molar-refractivity contribution is 9.10. The molecule has 2 aromatic rings. The first-order chi connectivity index (χ1) is 14.3. The normalized spacial score (nSPS) is 18.7. The number of esters is 1. The van der Waals surface area contributed by atoms with Crippen LogP contribution in [0.3, 0.4) is 0 Å². The summed E-state index contributed by atoms with van der Waals surface area (Å²) in [4.78, 5) is 30.1. The van der Waals surface area contributed by atoms with Gasteiger partial charge in [-0.15, -0.1) is 0 Å². The molecule has 160 valence electrons. The standard InChI is InChI=1S/C22H24BrFN2O4/c1-14-3-4-17(13-30-21-8-6-18(24)10-25-21)11-26(14)22(28)19-9-16(5-7-20(19)23)12-29-15(2)27/h5-10,14,17H,3-4,11-13H2,1-2H3/t14-,17-/m1/s1. The molecule has 1 fully saturated rings. The third kappa shape index (κ3) is 5.78. The summed E-state index contributed by atoms with van der Waals surface area (Å²) < 4.78 is 24.4. The van der Waals surface area contributed by atoms with E-state index in [2.05, 4.69) is 20.9 Å². The fourth-order valence-electron chi connectivity index (χ4n) is 3.42. The van der Waals surface area contributed by atoms with Crippen molar-refractivity contribution >= 4 is 27.8 Å². The molecule has 1 amide bonds. The van der Waals surface area contributed by atoms with Crippen molar-refractivity contribution in [3.8, 4) is 5.88 Å². The molecule has 1 aliphatic heterocycles. The molecule has 8 heteroatoms. The summed E-state index contributed by atoms with van der Waals surface area (Å²) in [5, 5.41) is 0. The Labute approximate surface area is 183 Å². The van der Waals surface area contributed by atoms with Gasteiger partial charge in [0.15, 0.2) is 0 Å². The van der Waals surface area contributed by atoms with Gasteiger partial charge >= 0.3 is 5.97 Å². The minimum atomic E-state index is -0.410. The number of pyridine rings is 1. The van der Waals surface area contributed by atoms with Crippen LogP contribution in [0.15, 0.2) is 41.0 Å². The Morgan fingerprint density at radius 2 is 2.07 bits per heavy atom. The zero-order chi connectivity index (χ0) is 21.7. The Balaban J connectivity index is 1.67. The van der Waals surface area contributed by atoms with Gasteiger partial charge in [0.25, 0.3) is 5.91 Å². The van der Waals surface area contributed by atoms with Gasteiger partial charge in [0.1, 0.15) is 12.4 Å². The number of hydrogen-bond donors (Lipinski definition) is 0. The first-order valence-corrected chi connectivity index (χ1v) is 10.6. The number of aromatic nitrogens is 1. The molecule has 6 nitrogen and oxygen atoms in total. The van der Waals surface area contributed by atoms with E-state index in [0.29, 0.717) is 29.1 Å². The fraction of sp³-hybridized carbons (Fsp3) is 0.409. The molecule has 0 spiro atoms. The number of hydrogen-bond acceptors (Lipinski definition) is 5. The Kier molecular flexibility index (Phi) is 7.42. The summed E-state index contributed by atoms with van der Waals surface area (Å²) in [5.74, 6) is -0.335. The number of piperidine rings is 1. The number of benzene rings is 1. The quantitative estimate of drug-likeness (QED) is 0.576. The van der Waals surface area contributed by atoms with Crippen molar-refractivity contribution in [1.82, 2.24) is 9.88 Å². The number of carbonyl (C=O) groups excluding carboxylic acids is 2. The van der Waals surface area contributed by atoms with Gasteiger partial charge in [-0.25, -0.2) is 9.37 Å². The largest absolute Gasteiger partial charge is 0.477 e. The highest BCUT2D eigenvalue weighted by atomic mass is 79.9. The van der Waals surface area contributed by atoms with Gasteiger partial charge < -0.3 is 14.4 Å². The van der Waals surface area contributed by atoms with E-state index in [1.165, 1.54) is 19.1 Å². The third-order valence-corrected chi connectivity index (χ3v) is 5.80. The summed E-state index contributed by atoms with van der Waals surface area (Å²) in [7, 11) is 0. The van der Waals surface area contributed by atoms with Gasteiger partial charge in [0, 0.05) is 36.0 Å². The van der Waals surface area contributed by atoms with Gasteiger partial charge in [-0.05, 0) is 59.5 Å². The molecule has 0 N–H and O–H groups in total. The topological polar surface area (TPSA) is 68.7 Å². The van der Waals surface area contributed by atoms with E-state index in [9.17, 15) is 14.0 Å². The average molecular weight is 479 g/mol. The van der Waals surface area contributed by atoms with Crippen molar-refractivity contribution in [2.45, 2.75) is 39.3 Å². The predicted octanol–water partition coefficient (Wildman–Crippen LogP) is 4.37. The summed E-state index contributed by atoms with van der Waals surface area (Å²) in [6, 6.07) is 8.26. The van der Waals surface area contributed by atoms with Crippen LogP contribution in [0.2, 0.25) is 0 Å². The lowest BCUT2D eigenvalue weighted by Crippen LogP contribution is -2.47. The van der Waals surface area contributed by atoms with Gasteiger partial charge in [0.05, 0.1) is 18.4 Å². The molecule has 1 saturated heterocycles. The fourth-order valence-corrected chi connectivity index (χ4v) is 3.83. The maximum atomic E-state index is 13.3. The van der Waals surface area contributed by atoms with Crippen molar-refractivity contribution in [2.75, 3.05) is 13.2 Å². The summed E-state index contributed by atoms with van der Waals surface area (Å²) >= 11 is 3.46. The maximum absolute atomic E-state index is 13.3. The molecule has 1 aromatic heterocycles. The molecular weight excluding hydrogens is 455 g/mol. The van der Waals surface area contributed by atoms with Crippen LogP contribution < -0.4 is 4.74 Å². The average Bonchev–Trinajstić information content (AvgIpc) is 2.73. The Morgan fingerprint density at radius 1 is 1.27 bits per heavy atom. The van der Waals surface area contributed by atoms with E-state index >= 15 is 0 Å². The van der Waals surface area contributed by atoms with Crippen molar-refractivity contribution in [3.05, 3.63) is 57.9 Å². The van der Waals surface area contributed by atoms with Crippen LogP contribution in [0.5, 0.6) is 5.88 Å². The smallest absolute Gasteiger partial charge is 0.302 e. The second kappa shape index (κ2) is 10.0. The van der Waals surface area contributed by atoms with Crippen LogP contribution >= 0.6 is 15.9 Å². The maximum Gasteiger partial charge on any atom is 0.302 e. The van der Waals surface area contributed by atoms with Gasteiger partial charge in [-0.1, -0.05) is 6.07 Å². The molecule has 1 aliphatic rings. The van der Waals surface area contributed by atoms with Crippen LogP contribution in [0.25, 0.3) is 0 Å². The lowest BCUT2D eigenvalue weighted by molar-refractivity contribution is -0.142. The Bertz CT molecular complexity index is 907. The summed E-state index contributed by atoms with van der Waals surface area (Å²) in [5.41, 5.74) is 1.29. The highest BCUT2D eigenvalue weighted by Crippen LogP contribution is 2.27. The van der Waals surface area contributed by atoms with E-state index in [1.807, 2.05) is 17.9 Å². The second-order valence-electron chi connectivity index (χ2n) is 7.47. The number of nitrogens with zero attached hydrogens (tertiary/aromatic N) is 2. The molecule has 2 heterocycles. The monoisotopic (exact) mass is 478 g/mol. The number of ether oxygens (including phenoxy) is 2. The number of amides is 1. The number of carbonyl (C=O) groups is 2. The molecule has 0 saturated carbocycles. The first kappa shape index (κ1) is 22.2. The van der Waals surface area contributed by atoms with Gasteiger partial charge in [-0.2, -0.15) is 0 Å². The van der Waals surface area contributed by atoms with Crippen molar-refractivity contribution in [1.29, 1.82) is 0 Å². The molecule has 2 atom stereocenters. The van der Waals surface area contributed by atoms with E-state index in [-0.39, 0.29) is 30.4 Å². The van der Waals surface area contributed by atoms with Crippen LogP contribution in [0.4, 0.5) is 4.39 Å². The summed E-state index contributed by atoms with van der Waals surface area (Å²) in [6.07, 6.45) is 2.91. The summed E-state index contributed by atoms with van der Waals surface area (Å²) in [6.45, 7) is 4.47. The number of halogens is 2. The van der Waals surface area contributed by atoms with Crippen LogP contribution in [-0.2, 0) is 16.1 Å². The zero-order valence-electron chi connectivity index (χ0n) is 16.9. The number of likely N-dealkylation sites (tertiary alicyclic amines) is 1. The molecule has 0 aliphatic carbocycles. The molecular formula is C22H24BrFN2O4. The zero-order valence-corrected chi connectivity index (χ0v) is 18.5. The lowest BCUT2D eigenvalue weighted by Gasteiger charge is -2.38. The molecule has 30 heavy (non-hydrogen) atoms. The van der Waals surface area contributed by atoms with Crippen molar-refractivity contribution in [2.24, 2.45) is 5.92 Å². The highest BCUT2D eigenvalue weighted by Gasteiger charge is 2.31. The Morgan fingerprint density at radius 3 is 2.77 bits per heavy atom.